The molecule has 0 radical (unpaired) electrons. The third kappa shape index (κ3) is 6.32. The number of aromatic hydroxyl groups is 1. The fourth-order valence-corrected chi connectivity index (χ4v) is 3.30. The Labute approximate surface area is 196 Å². The van der Waals surface area contributed by atoms with Crippen molar-refractivity contribution in [3.05, 3.63) is 83.7 Å². The number of carbonyl (C=O) groups is 3. The molecule has 1 aromatic heterocycles. The molecule has 3 N–H and O–H groups in total. The number of phenolic OH excluding ortho intramolecular Hbond substituents is 1. The first kappa shape index (κ1) is 24.2. The summed E-state index contributed by atoms with van der Waals surface area (Å²) in [7, 11) is 2.70. The smallest absolute Gasteiger partial charge is 0.307 e. The van der Waals surface area contributed by atoms with Crippen LogP contribution in [0.25, 0.3) is 0 Å². The van der Waals surface area contributed by atoms with E-state index in [0.717, 1.165) is 5.56 Å². The van der Waals surface area contributed by atoms with Crippen molar-refractivity contribution in [1.29, 1.82) is 0 Å². The van der Waals surface area contributed by atoms with Gasteiger partial charge in [0.15, 0.2) is 11.5 Å². The maximum Gasteiger partial charge on any atom is 0.307 e. The highest BCUT2D eigenvalue weighted by atomic mass is 16.5. The lowest BCUT2D eigenvalue weighted by Gasteiger charge is -2.18. The van der Waals surface area contributed by atoms with Crippen molar-refractivity contribution in [2.45, 2.75) is 18.9 Å². The van der Waals surface area contributed by atoms with Gasteiger partial charge in [-0.05, 0) is 48.4 Å². The van der Waals surface area contributed by atoms with Crippen LogP contribution in [0.4, 0.5) is 5.69 Å². The summed E-state index contributed by atoms with van der Waals surface area (Å²) >= 11 is 0. The molecule has 2 aromatic carbocycles. The summed E-state index contributed by atoms with van der Waals surface area (Å²) in [6, 6.07) is 14.4. The van der Waals surface area contributed by atoms with Gasteiger partial charge >= 0.3 is 5.97 Å². The molecule has 0 spiro atoms. The normalized spacial score (nSPS) is 11.2. The van der Waals surface area contributed by atoms with Crippen LogP contribution in [0, 0.1) is 0 Å². The summed E-state index contributed by atoms with van der Waals surface area (Å²) in [5, 5.41) is 15.7. The average Bonchev–Trinajstić information content (AvgIpc) is 2.85. The van der Waals surface area contributed by atoms with Crippen LogP contribution in [0.3, 0.4) is 0 Å². The Hall–Kier alpha value is -4.40. The van der Waals surface area contributed by atoms with Crippen LogP contribution >= 0.6 is 0 Å². The molecule has 0 saturated carbocycles. The first-order valence-electron chi connectivity index (χ1n) is 10.4. The lowest BCUT2D eigenvalue weighted by molar-refractivity contribution is -0.141. The quantitative estimate of drug-likeness (QED) is 0.417. The number of rotatable bonds is 9. The Balaban J connectivity index is 1.68. The van der Waals surface area contributed by atoms with Gasteiger partial charge in [0, 0.05) is 24.1 Å². The van der Waals surface area contributed by atoms with E-state index in [9.17, 15) is 19.5 Å². The summed E-state index contributed by atoms with van der Waals surface area (Å²) in [6.45, 7) is 0. The second-order valence-corrected chi connectivity index (χ2v) is 7.40. The first-order chi connectivity index (χ1) is 16.4. The van der Waals surface area contributed by atoms with Crippen LogP contribution < -0.4 is 15.4 Å². The minimum absolute atomic E-state index is 0.00386. The number of aromatic nitrogens is 1. The van der Waals surface area contributed by atoms with Crippen LogP contribution in [-0.2, 0) is 16.0 Å². The molecule has 0 aliphatic rings. The van der Waals surface area contributed by atoms with Crippen LogP contribution in [0.1, 0.15) is 32.7 Å². The fraction of sp³-hybridized carbons (Fsp3) is 0.200. The zero-order chi connectivity index (χ0) is 24.5. The summed E-state index contributed by atoms with van der Waals surface area (Å²) in [4.78, 5) is 40.8. The fourth-order valence-electron chi connectivity index (χ4n) is 3.30. The molecule has 0 aliphatic heterocycles. The standard InChI is InChI=1S/C25H25N3O6/c1-33-21-7-3-6-20(23(21)30)25(32)27-18-10-8-16(9-11-18)13-19(14-22(29)34-2)28-24(31)17-5-4-12-26-15-17/h3-12,15,19,30H,13-14H2,1-2H3,(H,27,32)(H,28,31)/t19-/m1/s1. The minimum Gasteiger partial charge on any atom is -0.504 e. The number of benzene rings is 2. The molecule has 0 fully saturated rings. The van der Waals surface area contributed by atoms with E-state index in [-0.39, 0.29) is 29.4 Å². The number of carbonyl (C=O) groups excluding carboxylic acids is 3. The number of amides is 2. The van der Waals surface area contributed by atoms with Crippen molar-refractivity contribution in [2.75, 3.05) is 19.5 Å². The van der Waals surface area contributed by atoms with E-state index in [4.69, 9.17) is 9.47 Å². The summed E-state index contributed by atoms with van der Waals surface area (Å²) in [5.41, 5.74) is 1.82. The summed E-state index contributed by atoms with van der Waals surface area (Å²) in [5.74, 6) is -1.32. The molecule has 1 atom stereocenters. The number of phenols is 1. The predicted octanol–water partition coefficient (Wildman–Crippen LogP) is 2.95. The molecular weight excluding hydrogens is 438 g/mol. The van der Waals surface area contributed by atoms with E-state index in [1.165, 1.54) is 26.5 Å². The van der Waals surface area contributed by atoms with Crippen LogP contribution in [-0.4, -0.2) is 48.1 Å². The molecule has 1 heterocycles. The molecule has 2 amide bonds. The SMILES string of the molecule is COC(=O)C[C@@H](Cc1ccc(NC(=O)c2cccc(OC)c2O)cc1)NC(=O)c1cccnc1. The Morgan fingerprint density at radius 1 is 1.00 bits per heavy atom. The second-order valence-electron chi connectivity index (χ2n) is 7.40. The Morgan fingerprint density at radius 3 is 2.41 bits per heavy atom. The minimum atomic E-state index is -0.505. The molecule has 34 heavy (non-hydrogen) atoms. The van der Waals surface area contributed by atoms with Crippen molar-refractivity contribution < 1.29 is 29.0 Å². The van der Waals surface area contributed by atoms with Gasteiger partial charge in [-0.1, -0.05) is 18.2 Å². The molecular formula is C25H25N3O6. The highest BCUT2D eigenvalue weighted by Crippen LogP contribution is 2.29. The number of ether oxygens (including phenoxy) is 2. The number of esters is 1. The van der Waals surface area contributed by atoms with Gasteiger partial charge in [-0.15, -0.1) is 0 Å². The Bertz CT molecular complexity index is 1150. The van der Waals surface area contributed by atoms with Crippen molar-refractivity contribution >= 4 is 23.5 Å². The molecule has 0 unspecified atom stereocenters. The van der Waals surface area contributed by atoms with Gasteiger partial charge in [-0.25, -0.2) is 0 Å². The molecule has 176 valence electrons. The number of hydrogen-bond donors (Lipinski definition) is 3. The van der Waals surface area contributed by atoms with E-state index in [1.54, 1.807) is 54.7 Å². The summed E-state index contributed by atoms with van der Waals surface area (Å²) < 4.78 is 9.79. The monoisotopic (exact) mass is 463 g/mol. The zero-order valence-corrected chi connectivity index (χ0v) is 18.8. The molecule has 3 rings (SSSR count). The third-order valence-corrected chi connectivity index (χ3v) is 5.06. The molecule has 0 aliphatic carbocycles. The molecule has 9 nitrogen and oxygen atoms in total. The summed E-state index contributed by atoms with van der Waals surface area (Å²) in [6.07, 6.45) is 3.38. The second kappa shape index (κ2) is 11.5. The number of pyridine rings is 1. The number of nitrogens with zero attached hydrogens (tertiary/aromatic N) is 1. The van der Waals surface area contributed by atoms with Gasteiger partial charge in [0.25, 0.3) is 11.8 Å². The van der Waals surface area contributed by atoms with Crippen molar-refractivity contribution in [3.8, 4) is 11.5 Å². The molecule has 3 aromatic rings. The van der Waals surface area contributed by atoms with Gasteiger partial charge in [-0.2, -0.15) is 0 Å². The zero-order valence-electron chi connectivity index (χ0n) is 18.8. The number of methoxy groups -OCH3 is 2. The molecule has 9 heteroatoms. The Morgan fingerprint density at radius 2 is 1.76 bits per heavy atom. The van der Waals surface area contributed by atoms with Crippen LogP contribution in [0.2, 0.25) is 0 Å². The van der Waals surface area contributed by atoms with E-state index < -0.39 is 17.9 Å². The maximum absolute atomic E-state index is 12.5. The van der Waals surface area contributed by atoms with Crippen LogP contribution in [0.15, 0.2) is 67.0 Å². The van der Waals surface area contributed by atoms with Crippen molar-refractivity contribution in [1.82, 2.24) is 10.3 Å². The highest BCUT2D eigenvalue weighted by Gasteiger charge is 2.19. The number of para-hydroxylation sites is 1. The predicted molar refractivity (Wildman–Crippen MR) is 125 cm³/mol. The van der Waals surface area contributed by atoms with Gasteiger partial charge in [0.2, 0.25) is 0 Å². The average molecular weight is 463 g/mol. The van der Waals surface area contributed by atoms with Crippen molar-refractivity contribution in [2.24, 2.45) is 0 Å². The van der Waals surface area contributed by atoms with Gasteiger partial charge in [-0.3, -0.25) is 19.4 Å². The topological polar surface area (TPSA) is 127 Å². The van der Waals surface area contributed by atoms with E-state index in [2.05, 4.69) is 15.6 Å². The van der Waals surface area contributed by atoms with Gasteiger partial charge in [0.1, 0.15) is 0 Å². The Kier molecular flexibility index (Phi) is 8.17. The lowest BCUT2D eigenvalue weighted by Crippen LogP contribution is -2.38. The largest absolute Gasteiger partial charge is 0.504 e. The molecule has 0 saturated heterocycles. The lowest BCUT2D eigenvalue weighted by atomic mass is 10.0. The van der Waals surface area contributed by atoms with E-state index in [1.807, 2.05) is 0 Å². The number of hydrogen-bond acceptors (Lipinski definition) is 7. The van der Waals surface area contributed by atoms with E-state index in [0.29, 0.717) is 17.7 Å². The maximum atomic E-state index is 12.5. The van der Waals surface area contributed by atoms with Crippen LogP contribution in [0.5, 0.6) is 11.5 Å². The highest BCUT2D eigenvalue weighted by molar-refractivity contribution is 6.06. The van der Waals surface area contributed by atoms with Crippen molar-refractivity contribution in [3.63, 3.8) is 0 Å². The number of anilines is 1. The number of nitrogens with one attached hydrogen (secondary N) is 2. The van der Waals surface area contributed by atoms with E-state index >= 15 is 0 Å². The third-order valence-electron chi connectivity index (χ3n) is 5.06. The van der Waals surface area contributed by atoms with Gasteiger partial charge < -0.3 is 25.2 Å². The first-order valence-corrected chi connectivity index (χ1v) is 10.4. The van der Waals surface area contributed by atoms with Gasteiger partial charge in [0.05, 0.1) is 31.8 Å². The molecule has 0 bridgehead atoms.